The molecule has 15 heavy (non-hydrogen) atoms. The molecule has 2 aromatic carbocycles. The summed E-state index contributed by atoms with van der Waals surface area (Å²) in [7, 11) is 0. The highest BCUT2D eigenvalue weighted by Gasteiger charge is 2.18. The van der Waals surface area contributed by atoms with Gasteiger partial charge in [-0.15, -0.1) is 0 Å². The van der Waals surface area contributed by atoms with E-state index in [1.807, 2.05) is 0 Å². The highest BCUT2D eigenvalue weighted by molar-refractivity contribution is 5.86. The van der Waals surface area contributed by atoms with Gasteiger partial charge in [0.2, 0.25) is 0 Å². The zero-order valence-electron chi connectivity index (χ0n) is 8.95. The maximum atomic E-state index is 2.32. The summed E-state index contributed by atoms with van der Waals surface area (Å²) in [6.45, 7) is 0. The molecule has 0 N–H and O–H groups in total. The van der Waals surface area contributed by atoms with Gasteiger partial charge in [-0.25, -0.2) is 0 Å². The van der Waals surface area contributed by atoms with Crippen LogP contribution in [0.5, 0.6) is 0 Å². The van der Waals surface area contributed by atoms with Crippen molar-refractivity contribution in [2.45, 2.75) is 31.6 Å². The number of hydrogen-bond donors (Lipinski definition) is 0. The van der Waals surface area contributed by atoms with Crippen LogP contribution < -0.4 is 0 Å². The Balaban J connectivity index is 2.16. The standard InChI is InChI=1S/C15H16/c1-2-7-12(6-1)15-11-5-9-13-8-3-4-10-14(13)15/h3-5,8-12H,1-2,6-7H2. The van der Waals surface area contributed by atoms with Crippen LogP contribution in [0.2, 0.25) is 0 Å². The molecular weight excluding hydrogens is 180 g/mol. The van der Waals surface area contributed by atoms with Crippen molar-refractivity contribution in [1.29, 1.82) is 0 Å². The molecular formula is C15H16. The molecule has 0 saturated heterocycles. The molecule has 1 aliphatic carbocycles. The van der Waals surface area contributed by atoms with Crippen LogP contribution >= 0.6 is 0 Å². The molecule has 0 atom stereocenters. The molecule has 1 fully saturated rings. The lowest BCUT2D eigenvalue weighted by Crippen LogP contribution is -1.93. The molecule has 0 unspecified atom stereocenters. The Hall–Kier alpha value is -1.30. The van der Waals surface area contributed by atoms with E-state index in [2.05, 4.69) is 42.5 Å². The number of rotatable bonds is 1. The first kappa shape index (κ1) is 8.96. The summed E-state index contributed by atoms with van der Waals surface area (Å²) in [5.41, 5.74) is 1.57. The summed E-state index contributed by atoms with van der Waals surface area (Å²) in [6, 6.07) is 15.5. The number of fused-ring (bicyclic) bond motifs is 1. The van der Waals surface area contributed by atoms with Crippen molar-refractivity contribution >= 4 is 10.8 Å². The topological polar surface area (TPSA) is 0 Å². The fourth-order valence-electron chi connectivity index (χ4n) is 2.84. The van der Waals surface area contributed by atoms with E-state index >= 15 is 0 Å². The predicted molar refractivity (Wildman–Crippen MR) is 65.2 cm³/mol. The zero-order valence-corrected chi connectivity index (χ0v) is 8.95. The van der Waals surface area contributed by atoms with Gasteiger partial charge in [-0.3, -0.25) is 0 Å². The van der Waals surface area contributed by atoms with Gasteiger partial charge in [0.1, 0.15) is 0 Å². The van der Waals surface area contributed by atoms with Gasteiger partial charge in [-0.2, -0.15) is 0 Å². The van der Waals surface area contributed by atoms with E-state index in [9.17, 15) is 0 Å². The van der Waals surface area contributed by atoms with Crippen molar-refractivity contribution in [2.75, 3.05) is 0 Å². The molecule has 0 aliphatic heterocycles. The van der Waals surface area contributed by atoms with E-state index < -0.39 is 0 Å². The number of hydrogen-bond acceptors (Lipinski definition) is 0. The van der Waals surface area contributed by atoms with Crippen LogP contribution in [0, 0.1) is 0 Å². The van der Waals surface area contributed by atoms with Crippen LogP contribution in [-0.2, 0) is 0 Å². The van der Waals surface area contributed by atoms with Gasteiger partial charge in [0.15, 0.2) is 0 Å². The van der Waals surface area contributed by atoms with Crippen LogP contribution in [0.25, 0.3) is 10.8 Å². The fraction of sp³-hybridized carbons (Fsp3) is 0.333. The Morgan fingerprint density at radius 1 is 0.800 bits per heavy atom. The minimum absolute atomic E-state index is 0.816. The van der Waals surface area contributed by atoms with Crippen molar-refractivity contribution in [3.63, 3.8) is 0 Å². The molecule has 3 rings (SSSR count). The summed E-state index contributed by atoms with van der Waals surface area (Å²) in [5.74, 6) is 0.816. The number of benzene rings is 2. The third-order valence-corrected chi connectivity index (χ3v) is 3.62. The van der Waals surface area contributed by atoms with Crippen LogP contribution in [-0.4, -0.2) is 0 Å². The van der Waals surface area contributed by atoms with Crippen molar-refractivity contribution in [2.24, 2.45) is 0 Å². The van der Waals surface area contributed by atoms with Gasteiger partial charge in [0, 0.05) is 0 Å². The molecule has 0 spiro atoms. The minimum atomic E-state index is 0.816. The Morgan fingerprint density at radius 2 is 1.53 bits per heavy atom. The van der Waals surface area contributed by atoms with Gasteiger partial charge in [-0.1, -0.05) is 55.3 Å². The molecule has 1 saturated carbocycles. The Labute approximate surface area is 90.9 Å². The van der Waals surface area contributed by atoms with Crippen molar-refractivity contribution in [3.05, 3.63) is 48.0 Å². The molecule has 0 bridgehead atoms. The fourth-order valence-corrected chi connectivity index (χ4v) is 2.84. The predicted octanol–water partition coefficient (Wildman–Crippen LogP) is 4.50. The van der Waals surface area contributed by atoms with Gasteiger partial charge in [-0.05, 0) is 35.1 Å². The monoisotopic (exact) mass is 196 g/mol. The lowest BCUT2D eigenvalue weighted by atomic mass is 9.92. The second-order valence-electron chi connectivity index (χ2n) is 4.55. The van der Waals surface area contributed by atoms with Crippen LogP contribution in [0.4, 0.5) is 0 Å². The van der Waals surface area contributed by atoms with Crippen molar-refractivity contribution in [1.82, 2.24) is 0 Å². The van der Waals surface area contributed by atoms with Crippen LogP contribution in [0.1, 0.15) is 37.2 Å². The SMILES string of the molecule is c1ccc2c(C3CCCC3)cccc2c1. The first-order valence-corrected chi connectivity index (χ1v) is 5.93. The molecule has 0 heterocycles. The Kier molecular flexibility index (Phi) is 2.21. The molecule has 0 nitrogen and oxygen atoms in total. The largest absolute Gasteiger partial charge is 0.0616 e. The van der Waals surface area contributed by atoms with Crippen molar-refractivity contribution < 1.29 is 0 Å². The van der Waals surface area contributed by atoms with Crippen molar-refractivity contribution in [3.8, 4) is 0 Å². The molecule has 2 aromatic rings. The van der Waals surface area contributed by atoms with Gasteiger partial charge >= 0.3 is 0 Å². The highest BCUT2D eigenvalue weighted by atomic mass is 14.2. The zero-order chi connectivity index (χ0) is 10.1. The summed E-state index contributed by atoms with van der Waals surface area (Å²) >= 11 is 0. The lowest BCUT2D eigenvalue weighted by Gasteiger charge is -2.12. The molecule has 0 heteroatoms. The Bertz CT molecular complexity index is 459. The van der Waals surface area contributed by atoms with E-state index in [1.165, 1.54) is 36.5 Å². The van der Waals surface area contributed by atoms with E-state index in [1.54, 1.807) is 5.56 Å². The average Bonchev–Trinajstić information content (AvgIpc) is 2.82. The van der Waals surface area contributed by atoms with E-state index in [0.29, 0.717) is 0 Å². The quantitative estimate of drug-likeness (QED) is 0.630. The minimum Gasteiger partial charge on any atom is -0.0616 e. The van der Waals surface area contributed by atoms with Gasteiger partial charge in [0.25, 0.3) is 0 Å². The molecule has 0 radical (unpaired) electrons. The smallest absolute Gasteiger partial charge is 0.0149 e. The molecule has 76 valence electrons. The van der Waals surface area contributed by atoms with Crippen LogP contribution in [0.3, 0.4) is 0 Å². The summed E-state index contributed by atoms with van der Waals surface area (Å²) in [4.78, 5) is 0. The lowest BCUT2D eigenvalue weighted by molar-refractivity contribution is 0.729. The summed E-state index contributed by atoms with van der Waals surface area (Å²) in [5, 5.41) is 2.86. The molecule has 1 aliphatic rings. The normalized spacial score (nSPS) is 17.3. The van der Waals surface area contributed by atoms with E-state index in [0.717, 1.165) is 5.92 Å². The third-order valence-electron chi connectivity index (χ3n) is 3.62. The van der Waals surface area contributed by atoms with E-state index in [4.69, 9.17) is 0 Å². The third kappa shape index (κ3) is 1.54. The summed E-state index contributed by atoms with van der Waals surface area (Å²) in [6.07, 6.45) is 5.59. The maximum absolute atomic E-state index is 2.32. The maximum Gasteiger partial charge on any atom is -0.0149 e. The highest BCUT2D eigenvalue weighted by Crippen LogP contribution is 2.37. The summed E-state index contributed by atoms with van der Waals surface area (Å²) < 4.78 is 0. The van der Waals surface area contributed by atoms with Gasteiger partial charge in [0.05, 0.1) is 0 Å². The second kappa shape index (κ2) is 3.69. The first-order chi connectivity index (χ1) is 7.45. The van der Waals surface area contributed by atoms with E-state index in [-0.39, 0.29) is 0 Å². The van der Waals surface area contributed by atoms with Crippen LogP contribution in [0.15, 0.2) is 42.5 Å². The molecule has 0 aromatic heterocycles. The van der Waals surface area contributed by atoms with Gasteiger partial charge < -0.3 is 0 Å². The average molecular weight is 196 g/mol. The molecule has 0 amide bonds. The Morgan fingerprint density at radius 3 is 2.40 bits per heavy atom. The second-order valence-corrected chi connectivity index (χ2v) is 4.55. The first-order valence-electron chi connectivity index (χ1n) is 5.93.